The molecule has 3 nitrogen and oxygen atoms in total. The van der Waals surface area contributed by atoms with Crippen LogP contribution < -0.4 is 0 Å². The number of pyridine rings is 1. The summed E-state index contributed by atoms with van der Waals surface area (Å²) in [6.45, 7) is 15.8. The first-order valence-electron chi connectivity index (χ1n) is 13.5. The van der Waals surface area contributed by atoms with Crippen molar-refractivity contribution in [2.45, 2.75) is 0 Å². The van der Waals surface area contributed by atoms with Crippen molar-refractivity contribution in [1.82, 2.24) is 4.40 Å². The third-order valence-electron chi connectivity index (χ3n) is 8.17. The Morgan fingerprint density at radius 1 is 0.463 bits per heavy atom. The summed E-state index contributed by atoms with van der Waals surface area (Å²) in [5.74, 6) is 0. The van der Waals surface area contributed by atoms with E-state index in [1.165, 1.54) is 16.2 Å². The molecule has 0 saturated carbocycles. The third kappa shape index (κ3) is 3.24. The van der Waals surface area contributed by atoms with Crippen LogP contribution in [0.5, 0.6) is 0 Å². The van der Waals surface area contributed by atoms with E-state index in [0.29, 0.717) is 11.4 Å². The highest BCUT2D eigenvalue weighted by molar-refractivity contribution is 6.36. The number of nitrogens with zero attached hydrogens (tertiary/aromatic N) is 3. The largest absolute Gasteiger partial charge is 0.309 e. The first-order valence-corrected chi connectivity index (χ1v) is 13.5. The van der Waals surface area contributed by atoms with Crippen LogP contribution in [0.15, 0.2) is 127 Å². The second-order valence-electron chi connectivity index (χ2n) is 10.3. The molecule has 8 aromatic rings. The van der Waals surface area contributed by atoms with Crippen molar-refractivity contribution >= 4 is 60.1 Å². The van der Waals surface area contributed by atoms with Gasteiger partial charge in [0.25, 0.3) is 0 Å². The van der Waals surface area contributed by atoms with Gasteiger partial charge in [-0.15, -0.1) is 0 Å². The number of hydrogen-bond donors (Lipinski definition) is 0. The van der Waals surface area contributed by atoms with Gasteiger partial charge in [0.2, 0.25) is 0 Å². The highest BCUT2D eigenvalue weighted by Crippen LogP contribution is 2.48. The second-order valence-corrected chi connectivity index (χ2v) is 10.3. The molecule has 0 unspecified atom stereocenters. The van der Waals surface area contributed by atoms with Crippen LogP contribution in [-0.2, 0) is 0 Å². The maximum absolute atomic E-state index is 7.90. The van der Waals surface area contributed by atoms with Crippen molar-refractivity contribution in [2.75, 3.05) is 0 Å². The van der Waals surface area contributed by atoms with Gasteiger partial charge in [-0.05, 0) is 50.2 Å². The van der Waals surface area contributed by atoms with Crippen LogP contribution in [0.2, 0.25) is 0 Å². The minimum Gasteiger partial charge on any atom is -0.309 e. The fraction of sp³-hybridized carbons (Fsp3) is 0. The van der Waals surface area contributed by atoms with Crippen molar-refractivity contribution in [3.05, 3.63) is 150 Å². The topological polar surface area (TPSA) is 13.1 Å². The van der Waals surface area contributed by atoms with Crippen molar-refractivity contribution in [3.8, 4) is 22.4 Å². The predicted molar refractivity (Wildman–Crippen MR) is 171 cm³/mol. The van der Waals surface area contributed by atoms with Crippen molar-refractivity contribution in [2.24, 2.45) is 0 Å². The van der Waals surface area contributed by atoms with Crippen molar-refractivity contribution in [1.29, 1.82) is 0 Å². The Bertz CT molecular complexity index is 2420. The lowest BCUT2D eigenvalue weighted by atomic mass is 9.90. The minimum absolute atomic E-state index is 0.368. The quantitative estimate of drug-likeness (QED) is 0.159. The summed E-state index contributed by atoms with van der Waals surface area (Å²) in [6, 6.07) is 44.2. The molecule has 0 N–H and O–H groups in total. The Hall–Kier alpha value is -5.90. The second kappa shape index (κ2) is 8.82. The molecular weight excluding hydrogens is 498 g/mol. The van der Waals surface area contributed by atoms with Gasteiger partial charge in [-0.2, -0.15) is 0 Å². The molecular formula is C38H21N3. The van der Waals surface area contributed by atoms with E-state index >= 15 is 0 Å². The molecule has 2 heterocycles. The summed E-state index contributed by atoms with van der Waals surface area (Å²) >= 11 is 0. The fourth-order valence-corrected chi connectivity index (χ4v) is 6.46. The molecule has 0 radical (unpaired) electrons. The van der Waals surface area contributed by atoms with Crippen molar-refractivity contribution < 1.29 is 0 Å². The SMILES string of the molecule is [C-]#[N+]c1cc2c3c4ccccc4c4ccccc4c3c3c(-c4ccccc4)cc(-c4ccccc4)n3c2cc1[N+]#[C-]. The molecule has 0 atom stereocenters. The number of benzene rings is 6. The first kappa shape index (κ1) is 23.0. The summed E-state index contributed by atoms with van der Waals surface area (Å²) < 4.78 is 2.32. The number of hydrogen-bond acceptors (Lipinski definition) is 0. The number of rotatable bonds is 2. The summed E-state index contributed by atoms with van der Waals surface area (Å²) in [6.07, 6.45) is 0. The number of fused-ring (bicyclic) bond motifs is 11. The van der Waals surface area contributed by atoms with E-state index in [4.69, 9.17) is 13.1 Å². The Labute approximate surface area is 236 Å². The van der Waals surface area contributed by atoms with E-state index in [0.717, 1.165) is 55.0 Å². The lowest BCUT2D eigenvalue weighted by Gasteiger charge is -2.18. The fourth-order valence-electron chi connectivity index (χ4n) is 6.46. The van der Waals surface area contributed by atoms with Crippen LogP contribution in [0.4, 0.5) is 11.4 Å². The van der Waals surface area contributed by atoms with Crippen molar-refractivity contribution in [3.63, 3.8) is 0 Å². The molecule has 8 rings (SSSR count). The Balaban J connectivity index is 1.78. The third-order valence-corrected chi connectivity index (χ3v) is 8.17. The molecule has 0 aliphatic heterocycles. The number of aromatic nitrogens is 1. The lowest BCUT2D eigenvalue weighted by molar-refractivity contribution is 1.29. The molecule has 0 saturated heterocycles. The monoisotopic (exact) mass is 519 g/mol. The Kier molecular flexibility index (Phi) is 4.95. The lowest BCUT2D eigenvalue weighted by Crippen LogP contribution is -1.96. The summed E-state index contributed by atoms with van der Waals surface area (Å²) in [5.41, 5.74) is 7.18. The zero-order valence-electron chi connectivity index (χ0n) is 22.0. The van der Waals surface area contributed by atoms with E-state index in [-0.39, 0.29) is 0 Å². The predicted octanol–water partition coefficient (Wildman–Crippen LogP) is 11.0. The Morgan fingerprint density at radius 3 is 1.59 bits per heavy atom. The van der Waals surface area contributed by atoms with E-state index in [9.17, 15) is 0 Å². The van der Waals surface area contributed by atoms with Gasteiger partial charge in [-0.1, -0.05) is 115 Å². The molecule has 0 aliphatic rings. The first-order chi connectivity index (χ1) is 20.3. The molecule has 0 bridgehead atoms. The van der Waals surface area contributed by atoms with Crippen LogP contribution in [0.25, 0.3) is 80.8 Å². The van der Waals surface area contributed by atoms with Gasteiger partial charge in [-0.25, -0.2) is 0 Å². The van der Waals surface area contributed by atoms with Gasteiger partial charge >= 0.3 is 0 Å². The smallest absolute Gasteiger partial charge is 0.196 e. The van der Waals surface area contributed by atoms with E-state index in [1.807, 2.05) is 24.3 Å². The minimum atomic E-state index is 0.368. The van der Waals surface area contributed by atoms with E-state index in [2.05, 4.69) is 117 Å². The standard InChI is InChI=1S/C38H21N3/c1-39-32-21-31-35(23-33(32)40-2)41-34(25-15-7-4-8-16-25)22-30(24-13-5-3-6-14-24)38(41)37-29-20-12-10-18-27(29)26-17-9-11-19-28(26)36(31)37/h3-23H. The maximum atomic E-state index is 7.90. The molecule has 0 fully saturated rings. The average molecular weight is 520 g/mol. The van der Waals surface area contributed by atoms with Gasteiger partial charge < -0.3 is 4.40 Å². The molecule has 0 spiro atoms. The Morgan fingerprint density at radius 2 is 0.976 bits per heavy atom. The molecule has 2 aromatic heterocycles. The zero-order valence-corrected chi connectivity index (χ0v) is 22.0. The highest BCUT2D eigenvalue weighted by atomic mass is 14.9. The zero-order chi connectivity index (χ0) is 27.5. The summed E-state index contributed by atoms with van der Waals surface area (Å²) in [7, 11) is 0. The van der Waals surface area contributed by atoms with Crippen LogP contribution in [0, 0.1) is 13.1 Å². The van der Waals surface area contributed by atoms with Gasteiger partial charge in [0.05, 0.1) is 24.4 Å². The summed E-state index contributed by atoms with van der Waals surface area (Å²) in [5, 5.41) is 7.92. The van der Waals surface area contributed by atoms with Gasteiger partial charge in [0.15, 0.2) is 11.4 Å². The van der Waals surface area contributed by atoms with E-state index in [1.54, 1.807) is 0 Å². The van der Waals surface area contributed by atoms with Crippen LogP contribution in [0.3, 0.4) is 0 Å². The summed E-state index contributed by atoms with van der Waals surface area (Å²) in [4.78, 5) is 7.56. The maximum Gasteiger partial charge on any atom is 0.196 e. The van der Waals surface area contributed by atoms with Gasteiger partial charge in [0.1, 0.15) is 0 Å². The molecule has 6 aromatic carbocycles. The molecule has 3 heteroatoms. The van der Waals surface area contributed by atoms with Crippen LogP contribution in [-0.4, -0.2) is 4.40 Å². The van der Waals surface area contributed by atoms with Crippen LogP contribution in [0.1, 0.15) is 0 Å². The molecule has 41 heavy (non-hydrogen) atoms. The van der Waals surface area contributed by atoms with Crippen LogP contribution >= 0.6 is 0 Å². The van der Waals surface area contributed by atoms with E-state index < -0.39 is 0 Å². The normalized spacial score (nSPS) is 11.4. The molecule has 0 aliphatic carbocycles. The van der Waals surface area contributed by atoms with Gasteiger partial charge in [-0.3, -0.25) is 9.69 Å². The highest BCUT2D eigenvalue weighted by Gasteiger charge is 2.23. The molecule has 0 amide bonds. The average Bonchev–Trinajstić information content (AvgIpc) is 3.45. The molecule has 188 valence electrons. The van der Waals surface area contributed by atoms with Gasteiger partial charge in [0, 0.05) is 21.9 Å².